The summed E-state index contributed by atoms with van der Waals surface area (Å²) in [5, 5.41) is 4.19. The van der Waals surface area contributed by atoms with Gasteiger partial charge in [-0.2, -0.15) is 23.0 Å². The number of aromatic nitrogens is 3. The van der Waals surface area contributed by atoms with E-state index >= 15 is 0 Å². The summed E-state index contributed by atoms with van der Waals surface area (Å²) >= 11 is 12.2. The molecule has 0 atom stereocenters. The van der Waals surface area contributed by atoms with Crippen LogP contribution in [0.15, 0.2) is 41.5 Å². The standard InChI is InChI=1S/C18H12Cl2F3N3O2/c1-9-5-12(6-10(2)15(9)19)28-13-8-25-26(17(27)16(13)20)14-4-3-11(7-24-14)18(21,22)23/h3-8H,1-2H3. The van der Waals surface area contributed by atoms with Crippen LogP contribution in [-0.2, 0) is 6.18 Å². The monoisotopic (exact) mass is 429 g/mol. The zero-order valence-corrected chi connectivity index (χ0v) is 16.0. The summed E-state index contributed by atoms with van der Waals surface area (Å²) in [7, 11) is 0. The molecule has 0 saturated carbocycles. The lowest BCUT2D eigenvalue weighted by Crippen LogP contribution is -2.23. The number of hydrogen-bond acceptors (Lipinski definition) is 4. The maximum atomic E-state index is 12.6. The van der Waals surface area contributed by atoms with Crippen LogP contribution in [0.3, 0.4) is 0 Å². The van der Waals surface area contributed by atoms with Crippen LogP contribution < -0.4 is 10.3 Å². The molecular weight excluding hydrogens is 418 g/mol. The van der Waals surface area contributed by atoms with Gasteiger partial charge in [-0.05, 0) is 49.2 Å². The van der Waals surface area contributed by atoms with Gasteiger partial charge in [-0.25, -0.2) is 4.98 Å². The fraction of sp³-hybridized carbons (Fsp3) is 0.167. The van der Waals surface area contributed by atoms with Gasteiger partial charge in [0.25, 0.3) is 5.56 Å². The fourth-order valence-corrected chi connectivity index (χ4v) is 2.70. The molecule has 146 valence electrons. The van der Waals surface area contributed by atoms with E-state index in [0.29, 0.717) is 17.0 Å². The average Bonchev–Trinajstić information content (AvgIpc) is 2.63. The molecular formula is C18H12Cl2F3N3O2. The first kappa shape index (κ1) is 20.2. The highest BCUT2D eigenvalue weighted by Gasteiger charge is 2.30. The lowest BCUT2D eigenvalue weighted by molar-refractivity contribution is -0.137. The molecule has 0 radical (unpaired) electrons. The van der Waals surface area contributed by atoms with Crippen LogP contribution in [0.25, 0.3) is 5.82 Å². The largest absolute Gasteiger partial charge is 0.454 e. The summed E-state index contributed by atoms with van der Waals surface area (Å²) in [4.78, 5) is 16.1. The Morgan fingerprint density at radius 2 is 1.68 bits per heavy atom. The number of benzene rings is 1. The minimum absolute atomic E-state index is 0.00375. The third-order valence-corrected chi connectivity index (χ3v) is 4.76. The summed E-state index contributed by atoms with van der Waals surface area (Å²) in [6.45, 7) is 3.60. The molecule has 1 aromatic carbocycles. The molecule has 0 spiro atoms. The molecule has 0 fully saturated rings. The second-order valence-corrected chi connectivity index (χ2v) is 6.67. The van der Waals surface area contributed by atoms with E-state index in [1.807, 2.05) is 0 Å². The van der Waals surface area contributed by atoms with E-state index in [9.17, 15) is 18.0 Å². The number of aryl methyl sites for hydroxylation is 2. The van der Waals surface area contributed by atoms with Gasteiger partial charge in [-0.15, -0.1) is 0 Å². The van der Waals surface area contributed by atoms with E-state index in [4.69, 9.17) is 27.9 Å². The average molecular weight is 430 g/mol. The zero-order chi connectivity index (χ0) is 20.6. The van der Waals surface area contributed by atoms with E-state index in [1.165, 1.54) is 6.20 Å². The minimum Gasteiger partial charge on any atom is -0.454 e. The molecule has 0 aliphatic carbocycles. The number of pyridine rings is 1. The Bertz CT molecular complexity index is 1070. The van der Waals surface area contributed by atoms with E-state index in [1.54, 1.807) is 26.0 Å². The third-order valence-electron chi connectivity index (χ3n) is 3.82. The Hall–Kier alpha value is -2.58. The smallest absolute Gasteiger partial charge is 0.417 e. The molecule has 0 aliphatic heterocycles. The molecule has 5 nitrogen and oxygen atoms in total. The first-order chi connectivity index (χ1) is 13.1. The topological polar surface area (TPSA) is 57.0 Å². The molecule has 0 N–H and O–H groups in total. The van der Waals surface area contributed by atoms with Crippen LogP contribution in [0, 0.1) is 13.8 Å². The van der Waals surface area contributed by atoms with Crippen molar-refractivity contribution in [3.8, 4) is 17.3 Å². The maximum Gasteiger partial charge on any atom is 0.417 e. The molecule has 0 aliphatic rings. The molecule has 2 aromatic heterocycles. The van der Waals surface area contributed by atoms with Crippen molar-refractivity contribution in [1.82, 2.24) is 14.8 Å². The Kier molecular flexibility index (Phi) is 5.36. The van der Waals surface area contributed by atoms with Crippen molar-refractivity contribution in [2.75, 3.05) is 0 Å². The molecule has 3 rings (SSSR count). The number of rotatable bonds is 3. The van der Waals surface area contributed by atoms with Gasteiger partial charge in [0.05, 0.1) is 11.8 Å². The highest BCUT2D eigenvalue weighted by molar-refractivity contribution is 6.32. The number of hydrogen-bond donors (Lipinski definition) is 0. The molecule has 0 bridgehead atoms. The lowest BCUT2D eigenvalue weighted by Gasteiger charge is -2.12. The molecule has 28 heavy (non-hydrogen) atoms. The highest BCUT2D eigenvalue weighted by Crippen LogP contribution is 2.31. The Balaban J connectivity index is 1.95. The number of halogens is 5. The Morgan fingerprint density at radius 3 is 2.21 bits per heavy atom. The van der Waals surface area contributed by atoms with Crippen molar-refractivity contribution in [2.24, 2.45) is 0 Å². The van der Waals surface area contributed by atoms with E-state index in [-0.39, 0.29) is 16.6 Å². The first-order valence-corrected chi connectivity index (χ1v) is 8.59. The quantitative estimate of drug-likeness (QED) is 0.561. The third kappa shape index (κ3) is 3.98. The molecule has 2 heterocycles. The minimum atomic E-state index is -4.53. The first-order valence-electron chi connectivity index (χ1n) is 7.84. The van der Waals surface area contributed by atoms with Crippen molar-refractivity contribution in [3.63, 3.8) is 0 Å². The summed E-state index contributed by atoms with van der Waals surface area (Å²) in [6, 6.07) is 5.18. The summed E-state index contributed by atoms with van der Waals surface area (Å²) < 4.78 is 44.3. The Morgan fingerprint density at radius 1 is 1.04 bits per heavy atom. The molecule has 0 amide bonds. The van der Waals surface area contributed by atoms with Gasteiger partial charge in [0.15, 0.2) is 16.6 Å². The van der Waals surface area contributed by atoms with Crippen LogP contribution in [0.2, 0.25) is 10.0 Å². The van der Waals surface area contributed by atoms with E-state index < -0.39 is 17.3 Å². The van der Waals surface area contributed by atoms with Gasteiger partial charge >= 0.3 is 6.18 Å². The van der Waals surface area contributed by atoms with Crippen molar-refractivity contribution in [2.45, 2.75) is 20.0 Å². The van der Waals surface area contributed by atoms with Gasteiger partial charge in [0.2, 0.25) is 0 Å². The predicted molar refractivity (Wildman–Crippen MR) is 98.6 cm³/mol. The summed E-state index contributed by atoms with van der Waals surface area (Å²) in [5.74, 6) is 0.300. The van der Waals surface area contributed by atoms with Gasteiger partial charge in [0.1, 0.15) is 5.75 Å². The second-order valence-electron chi connectivity index (χ2n) is 5.92. The van der Waals surface area contributed by atoms with Crippen molar-refractivity contribution in [3.05, 3.63) is 73.7 Å². The number of nitrogens with zero attached hydrogens (tertiary/aromatic N) is 3. The van der Waals surface area contributed by atoms with Gasteiger partial charge in [-0.3, -0.25) is 4.79 Å². The van der Waals surface area contributed by atoms with E-state index in [0.717, 1.165) is 27.9 Å². The van der Waals surface area contributed by atoms with Crippen molar-refractivity contribution >= 4 is 23.2 Å². The van der Waals surface area contributed by atoms with Gasteiger partial charge in [0, 0.05) is 11.2 Å². The lowest BCUT2D eigenvalue weighted by atomic mass is 10.1. The highest BCUT2D eigenvalue weighted by atomic mass is 35.5. The Labute approximate surface area is 167 Å². The molecule has 10 heteroatoms. The summed E-state index contributed by atoms with van der Waals surface area (Å²) in [6.07, 6.45) is -2.74. The van der Waals surface area contributed by atoms with Gasteiger partial charge < -0.3 is 4.74 Å². The number of alkyl halides is 3. The summed E-state index contributed by atoms with van der Waals surface area (Å²) in [5.41, 5.74) is -0.163. The van der Waals surface area contributed by atoms with Crippen LogP contribution >= 0.6 is 23.2 Å². The SMILES string of the molecule is Cc1cc(Oc2cnn(-c3ccc(C(F)(F)F)cn3)c(=O)c2Cl)cc(C)c1Cl. The van der Waals surface area contributed by atoms with Crippen LogP contribution in [0.4, 0.5) is 13.2 Å². The van der Waals surface area contributed by atoms with Crippen LogP contribution in [0.1, 0.15) is 16.7 Å². The molecule has 0 saturated heterocycles. The second kappa shape index (κ2) is 7.44. The van der Waals surface area contributed by atoms with Crippen molar-refractivity contribution in [1.29, 1.82) is 0 Å². The van der Waals surface area contributed by atoms with Gasteiger partial charge in [-0.1, -0.05) is 23.2 Å². The van der Waals surface area contributed by atoms with Crippen LogP contribution in [-0.4, -0.2) is 14.8 Å². The zero-order valence-electron chi connectivity index (χ0n) is 14.5. The number of ether oxygens (including phenoxy) is 1. The van der Waals surface area contributed by atoms with E-state index in [2.05, 4.69) is 10.1 Å². The normalized spacial score (nSPS) is 11.5. The van der Waals surface area contributed by atoms with Crippen molar-refractivity contribution < 1.29 is 17.9 Å². The molecule has 3 aromatic rings. The fourth-order valence-electron chi connectivity index (χ4n) is 2.42. The van der Waals surface area contributed by atoms with Crippen LogP contribution in [0.5, 0.6) is 11.5 Å². The maximum absolute atomic E-state index is 12.6. The predicted octanol–water partition coefficient (Wildman–Crippen LogP) is 5.36. The molecule has 0 unspecified atom stereocenters.